The highest BCUT2D eigenvalue weighted by Gasteiger charge is 2.32. The number of fused-ring (bicyclic) bond motifs is 2. The predicted molar refractivity (Wildman–Crippen MR) is 232 cm³/mol. The van der Waals surface area contributed by atoms with Crippen LogP contribution in [0.15, 0.2) is 155 Å². The summed E-state index contributed by atoms with van der Waals surface area (Å²) in [6.45, 7) is 1.09. The zero-order valence-electron chi connectivity index (χ0n) is 32.0. The number of anilines is 2. The topological polar surface area (TPSA) is 112 Å². The number of benzene rings is 6. The predicted octanol–water partition coefficient (Wildman–Crippen LogP) is 11.0. The minimum absolute atomic E-state index is 0.0295. The Morgan fingerprint density at radius 2 is 0.967 bits per heavy atom. The van der Waals surface area contributed by atoms with Crippen LogP contribution in [0, 0.1) is 23.3 Å². The Bertz CT molecular complexity index is 3090. The molecule has 0 amide bonds. The Labute approximate surface area is 357 Å². The van der Waals surface area contributed by atoms with Gasteiger partial charge >= 0.3 is 0 Å². The number of aliphatic hydroxyl groups is 1. The first-order chi connectivity index (χ1) is 29.2. The van der Waals surface area contributed by atoms with Crippen LogP contribution in [-0.4, -0.2) is 28.2 Å². The summed E-state index contributed by atoms with van der Waals surface area (Å²) in [6, 6.07) is 36.6. The number of aliphatic hydroxyl groups excluding tert-OH is 1. The SMILES string of the molecule is CC(O)c1c(N(Cc2ccc(F)c(F)c2)S(=O)(=O)c2ccccc2)sc2ccccc12.O=Cc1c(N(Cc2ccc(F)c(F)c2)S(=O)(=O)c2ccccc2)sc2ccccc12. The molecular formula is C45H34F4N2O6S4. The van der Waals surface area contributed by atoms with Crippen LogP contribution in [0.2, 0.25) is 0 Å². The molecule has 6 aromatic carbocycles. The molecule has 0 fully saturated rings. The first kappa shape index (κ1) is 43.2. The lowest BCUT2D eigenvalue weighted by molar-refractivity contribution is 0.112. The van der Waals surface area contributed by atoms with Gasteiger partial charge in [-0.1, -0.05) is 84.9 Å². The molecule has 0 saturated heterocycles. The molecule has 16 heteroatoms. The van der Waals surface area contributed by atoms with Crippen molar-refractivity contribution in [1.29, 1.82) is 0 Å². The average molecular weight is 903 g/mol. The fraction of sp³-hybridized carbons (Fsp3) is 0.0889. The van der Waals surface area contributed by atoms with Crippen LogP contribution in [0.3, 0.4) is 0 Å². The number of rotatable bonds is 12. The van der Waals surface area contributed by atoms with Gasteiger partial charge in [-0.2, -0.15) is 0 Å². The summed E-state index contributed by atoms with van der Waals surface area (Å²) in [5.41, 5.74) is 1.25. The third-order valence-electron chi connectivity index (χ3n) is 9.50. The average Bonchev–Trinajstić information content (AvgIpc) is 3.84. The molecule has 2 aromatic heterocycles. The smallest absolute Gasteiger partial charge is 0.265 e. The van der Waals surface area contributed by atoms with Crippen LogP contribution < -0.4 is 8.61 Å². The number of carbonyl (C=O) groups excluding carboxylic acids is 1. The van der Waals surface area contributed by atoms with Crippen molar-refractivity contribution in [1.82, 2.24) is 0 Å². The fourth-order valence-corrected chi connectivity index (χ4v) is 12.4. The molecule has 0 radical (unpaired) electrons. The number of sulfonamides is 2. The molecule has 8 rings (SSSR count). The lowest BCUT2D eigenvalue weighted by atomic mass is 10.1. The van der Waals surface area contributed by atoms with Crippen LogP contribution in [0.25, 0.3) is 20.2 Å². The minimum atomic E-state index is -4.09. The third-order valence-corrected chi connectivity index (χ3v) is 15.7. The molecule has 0 aliphatic heterocycles. The van der Waals surface area contributed by atoms with Gasteiger partial charge in [0, 0.05) is 25.7 Å². The molecule has 2 heterocycles. The second-order valence-electron chi connectivity index (χ2n) is 13.6. The van der Waals surface area contributed by atoms with Crippen molar-refractivity contribution < 1.29 is 44.3 Å². The molecule has 61 heavy (non-hydrogen) atoms. The van der Waals surface area contributed by atoms with Gasteiger partial charge in [0.05, 0.1) is 34.5 Å². The lowest BCUT2D eigenvalue weighted by Gasteiger charge is -2.25. The number of nitrogens with zero attached hydrogens (tertiary/aromatic N) is 2. The van der Waals surface area contributed by atoms with E-state index in [4.69, 9.17) is 0 Å². The molecule has 0 bridgehead atoms. The molecule has 0 saturated carbocycles. The summed E-state index contributed by atoms with van der Waals surface area (Å²) < 4.78 is 112. The third kappa shape index (κ3) is 8.95. The van der Waals surface area contributed by atoms with Gasteiger partial charge in [0.15, 0.2) is 29.6 Å². The minimum Gasteiger partial charge on any atom is -0.389 e. The van der Waals surface area contributed by atoms with E-state index in [9.17, 15) is 44.3 Å². The molecule has 312 valence electrons. The van der Waals surface area contributed by atoms with E-state index in [-0.39, 0.29) is 44.6 Å². The van der Waals surface area contributed by atoms with E-state index in [1.54, 1.807) is 67.6 Å². The number of carbonyl (C=O) groups is 1. The van der Waals surface area contributed by atoms with E-state index in [0.29, 0.717) is 22.2 Å². The van der Waals surface area contributed by atoms with E-state index in [0.717, 1.165) is 59.0 Å². The van der Waals surface area contributed by atoms with E-state index < -0.39 is 49.4 Å². The molecule has 1 atom stereocenters. The Morgan fingerprint density at radius 3 is 1.43 bits per heavy atom. The van der Waals surface area contributed by atoms with Gasteiger partial charge in [-0.25, -0.2) is 34.4 Å². The molecule has 1 N–H and O–H groups in total. The zero-order valence-corrected chi connectivity index (χ0v) is 35.2. The van der Waals surface area contributed by atoms with Gasteiger partial charge in [0.1, 0.15) is 10.0 Å². The van der Waals surface area contributed by atoms with Crippen LogP contribution >= 0.6 is 22.7 Å². The van der Waals surface area contributed by atoms with Crippen molar-refractivity contribution >= 4 is 79.2 Å². The molecule has 0 aliphatic carbocycles. The monoisotopic (exact) mass is 902 g/mol. The highest BCUT2D eigenvalue weighted by molar-refractivity contribution is 7.93. The van der Waals surface area contributed by atoms with Crippen molar-refractivity contribution in [3.05, 3.63) is 191 Å². The highest BCUT2D eigenvalue weighted by atomic mass is 32.2. The van der Waals surface area contributed by atoms with Crippen LogP contribution in [0.5, 0.6) is 0 Å². The van der Waals surface area contributed by atoms with E-state index >= 15 is 0 Å². The lowest BCUT2D eigenvalue weighted by Crippen LogP contribution is -2.31. The number of hydrogen-bond donors (Lipinski definition) is 1. The number of hydrogen-bond acceptors (Lipinski definition) is 8. The number of halogens is 4. The Hall–Kier alpha value is -5.91. The first-order valence-electron chi connectivity index (χ1n) is 18.4. The van der Waals surface area contributed by atoms with Gasteiger partial charge in [0.25, 0.3) is 20.0 Å². The van der Waals surface area contributed by atoms with Crippen LogP contribution in [0.1, 0.15) is 40.1 Å². The molecule has 1 unspecified atom stereocenters. The number of aldehydes is 1. The Kier molecular flexibility index (Phi) is 12.7. The zero-order chi connectivity index (χ0) is 43.5. The van der Waals surface area contributed by atoms with Gasteiger partial charge in [-0.15, -0.1) is 22.7 Å². The van der Waals surface area contributed by atoms with Gasteiger partial charge in [-0.3, -0.25) is 13.4 Å². The van der Waals surface area contributed by atoms with Crippen molar-refractivity contribution in [3.8, 4) is 0 Å². The maximum atomic E-state index is 13.8. The van der Waals surface area contributed by atoms with Crippen molar-refractivity contribution in [2.75, 3.05) is 8.61 Å². The first-order valence-corrected chi connectivity index (χ1v) is 22.9. The quantitative estimate of drug-likeness (QED) is 0.0965. The van der Waals surface area contributed by atoms with Crippen LogP contribution in [0.4, 0.5) is 27.6 Å². The normalized spacial score (nSPS) is 12.2. The fourth-order valence-electron chi connectivity index (χ4n) is 6.57. The van der Waals surface area contributed by atoms with Crippen molar-refractivity contribution in [2.24, 2.45) is 0 Å². The van der Waals surface area contributed by atoms with Gasteiger partial charge < -0.3 is 5.11 Å². The summed E-state index contributed by atoms with van der Waals surface area (Å²) in [7, 11) is -8.15. The molecule has 0 aliphatic rings. The van der Waals surface area contributed by atoms with Gasteiger partial charge in [0.2, 0.25) is 0 Å². The second-order valence-corrected chi connectivity index (χ2v) is 19.4. The van der Waals surface area contributed by atoms with Crippen LogP contribution in [-0.2, 0) is 33.1 Å². The summed E-state index contributed by atoms with van der Waals surface area (Å²) in [6.07, 6.45) is -0.322. The highest BCUT2D eigenvalue weighted by Crippen LogP contribution is 2.44. The summed E-state index contributed by atoms with van der Waals surface area (Å²) in [5.74, 6) is -4.16. The van der Waals surface area contributed by atoms with Gasteiger partial charge in [-0.05, 0) is 78.7 Å². The largest absolute Gasteiger partial charge is 0.389 e. The Balaban J connectivity index is 0.000000184. The maximum Gasteiger partial charge on any atom is 0.265 e. The van der Waals surface area contributed by atoms with E-state index in [2.05, 4.69) is 0 Å². The molecule has 8 nitrogen and oxygen atoms in total. The standard InChI is InChI=1S/C23H19F2NO3S2.C22H15F2NO3S2/c1-15(27)22-18-9-5-6-10-21(18)30-23(22)26(14-16-11-12-19(24)20(25)13-16)31(28,29)17-7-3-2-4-8-17;23-19-11-10-15(12-20(19)24)13-25(30(27,28)16-6-2-1-3-7-16)22-18(14-26)17-8-4-5-9-21(17)29-22/h2-13,15,27H,14H2,1H3;1-12,14H,13H2. The molecular weight excluding hydrogens is 869 g/mol. The maximum absolute atomic E-state index is 13.8. The second kappa shape index (κ2) is 18.0. The van der Waals surface area contributed by atoms with E-state index in [1.165, 1.54) is 47.7 Å². The van der Waals surface area contributed by atoms with Crippen molar-refractivity contribution in [2.45, 2.75) is 35.9 Å². The summed E-state index contributed by atoms with van der Waals surface area (Å²) >= 11 is 2.38. The van der Waals surface area contributed by atoms with Crippen molar-refractivity contribution in [3.63, 3.8) is 0 Å². The van der Waals surface area contributed by atoms with E-state index in [1.807, 2.05) is 24.3 Å². The molecule has 8 aromatic rings. The summed E-state index contributed by atoms with van der Waals surface area (Å²) in [5, 5.41) is 12.4. The summed E-state index contributed by atoms with van der Waals surface area (Å²) in [4.78, 5) is 12.0. The number of thiophene rings is 2. The Morgan fingerprint density at radius 1 is 0.557 bits per heavy atom. The molecule has 0 spiro atoms.